The van der Waals surface area contributed by atoms with Gasteiger partial charge >= 0.3 is 5.97 Å². The van der Waals surface area contributed by atoms with E-state index in [2.05, 4.69) is 0 Å². The lowest BCUT2D eigenvalue weighted by atomic mass is 9.94. The van der Waals surface area contributed by atoms with Crippen molar-refractivity contribution in [1.29, 1.82) is 0 Å². The van der Waals surface area contributed by atoms with Gasteiger partial charge in [-0.2, -0.15) is 0 Å². The van der Waals surface area contributed by atoms with Gasteiger partial charge in [-0.05, 0) is 25.7 Å². The fourth-order valence-corrected chi connectivity index (χ4v) is 1.56. The van der Waals surface area contributed by atoms with Crippen LogP contribution < -0.4 is 0 Å². The van der Waals surface area contributed by atoms with Gasteiger partial charge in [-0.1, -0.05) is 0 Å². The number of likely N-dealkylation sites (N-methyl/N-ethyl adjacent to an activating group) is 1. The third kappa shape index (κ3) is 1.53. The minimum atomic E-state index is -1.01. The Kier molecular flexibility index (Phi) is 2.32. The largest absolute Gasteiger partial charge is 0.479 e. The van der Waals surface area contributed by atoms with Crippen molar-refractivity contribution in [2.45, 2.75) is 32.2 Å². The van der Waals surface area contributed by atoms with Crippen molar-refractivity contribution in [2.24, 2.45) is 5.92 Å². The second kappa shape index (κ2) is 3.01. The number of rotatable bonds is 3. The van der Waals surface area contributed by atoms with Crippen LogP contribution in [0.5, 0.6) is 0 Å². The summed E-state index contributed by atoms with van der Waals surface area (Å²) in [6.45, 7) is 3.01. The van der Waals surface area contributed by atoms with Gasteiger partial charge in [-0.25, -0.2) is 4.79 Å². The lowest BCUT2D eigenvalue weighted by Crippen LogP contribution is -2.54. The average molecular weight is 185 g/mol. The van der Waals surface area contributed by atoms with E-state index in [1.165, 1.54) is 11.8 Å². The van der Waals surface area contributed by atoms with Crippen LogP contribution >= 0.6 is 0 Å². The van der Waals surface area contributed by atoms with E-state index in [0.29, 0.717) is 0 Å². The van der Waals surface area contributed by atoms with Gasteiger partial charge in [0, 0.05) is 14.0 Å². The summed E-state index contributed by atoms with van der Waals surface area (Å²) in [4.78, 5) is 23.5. The fraction of sp³-hybridized carbons (Fsp3) is 0.778. The summed E-state index contributed by atoms with van der Waals surface area (Å²) in [5.74, 6) is -0.983. The summed E-state index contributed by atoms with van der Waals surface area (Å²) in [6, 6.07) is 0. The summed E-state index contributed by atoms with van der Waals surface area (Å²) in [6.07, 6.45) is 1.81. The molecule has 1 atom stereocenters. The number of nitrogens with zero attached hydrogens (tertiary/aromatic N) is 1. The molecule has 0 bridgehead atoms. The van der Waals surface area contributed by atoms with E-state index in [0.717, 1.165) is 12.8 Å². The standard InChI is InChI=1S/C9H15NO3/c1-6(11)10(3)9(2,8(12)13)7-4-5-7/h7H,4-5H2,1-3H3,(H,12,13). The number of amides is 1. The number of hydrogen-bond donors (Lipinski definition) is 1. The number of carboxylic acids is 1. The monoisotopic (exact) mass is 185 g/mol. The van der Waals surface area contributed by atoms with E-state index >= 15 is 0 Å². The predicted octanol–water partition coefficient (Wildman–Crippen LogP) is 0.718. The van der Waals surface area contributed by atoms with Gasteiger partial charge < -0.3 is 10.0 Å². The maximum Gasteiger partial charge on any atom is 0.329 e. The van der Waals surface area contributed by atoms with Crippen LogP contribution in [0.1, 0.15) is 26.7 Å². The second-order valence-corrected chi connectivity index (χ2v) is 3.80. The molecule has 0 saturated heterocycles. The molecule has 0 aliphatic heterocycles. The van der Waals surface area contributed by atoms with Crippen LogP contribution in [0.4, 0.5) is 0 Å². The van der Waals surface area contributed by atoms with Gasteiger partial charge in [-0.3, -0.25) is 4.79 Å². The van der Waals surface area contributed by atoms with E-state index in [-0.39, 0.29) is 11.8 Å². The van der Waals surface area contributed by atoms with Gasteiger partial charge in [0.2, 0.25) is 5.91 Å². The van der Waals surface area contributed by atoms with Crippen LogP contribution in [-0.2, 0) is 9.59 Å². The molecule has 1 amide bonds. The average Bonchev–Trinajstić information content (AvgIpc) is 2.83. The van der Waals surface area contributed by atoms with Gasteiger partial charge in [-0.15, -0.1) is 0 Å². The molecule has 4 nitrogen and oxygen atoms in total. The normalized spacial score (nSPS) is 20.5. The van der Waals surface area contributed by atoms with Crippen molar-refractivity contribution in [2.75, 3.05) is 7.05 Å². The minimum absolute atomic E-state index is 0.124. The van der Waals surface area contributed by atoms with E-state index in [1.54, 1.807) is 14.0 Å². The molecule has 1 unspecified atom stereocenters. The lowest BCUT2D eigenvalue weighted by molar-refractivity contribution is -0.157. The first-order valence-corrected chi connectivity index (χ1v) is 4.38. The molecule has 1 rings (SSSR count). The summed E-state index contributed by atoms with van der Waals surface area (Å²) < 4.78 is 0. The lowest BCUT2D eigenvalue weighted by Gasteiger charge is -2.34. The van der Waals surface area contributed by atoms with E-state index < -0.39 is 11.5 Å². The molecule has 0 aromatic rings. The summed E-state index contributed by atoms with van der Waals surface area (Å²) in [5, 5.41) is 9.07. The molecule has 1 fully saturated rings. The van der Waals surface area contributed by atoms with Gasteiger partial charge in [0.05, 0.1) is 0 Å². The quantitative estimate of drug-likeness (QED) is 0.704. The molecule has 1 aliphatic carbocycles. The summed E-state index contributed by atoms with van der Waals surface area (Å²) in [7, 11) is 1.55. The topological polar surface area (TPSA) is 57.6 Å². The predicted molar refractivity (Wildman–Crippen MR) is 47.2 cm³/mol. The first-order chi connectivity index (χ1) is 5.90. The molecule has 0 aromatic heterocycles. The van der Waals surface area contributed by atoms with Gasteiger partial charge in [0.1, 0.15) is 5.54 Å². The third-order valence-electron chi connectivity index (χ3n) is 2.97. The minimum Gasteiger partial charge on any atom is -0.479 e. The van der Waals surface area contributed by atoms with Gasteiger partial charge in [0.25, 0.3) is 0 Å². The highest BCUT2D eigenvalue weighted by Gasteiger charge is 2.51. The van der Waals surface area contributed by atoms with Crippen molar-refractivity contribution in [3.63, 3.8) is 0 Å². The molecule has 13 heavy (non-hydrogen) atoms. The smallest absolute Gasteiger partial charge is 0.329 e. The van der Waals surface area contributed by atoms with E-state index in [9.17, 15) is 9.59 Å². The first kappa shape index (κ1) is 10.0. The van der Waals surface area contributed by atoms with Crippen molar-refractivity contribution >= 4 is 11.9 Å². The number of aliphatic carboxylic acids is 1. The molecule has 0 spiro atoms. The van der Waals surface area contributed by atoms with Crippen LogP contribution in [0.2, 0.25) is 0 Å². The number of hydrogen-bond acceptors (Lipinski definition) is 2. The Balaban J connectivity index is 2.89. The van der Waals surface area contributed by atoms with Crippen LogP contribution in [0.3, 0.4) is 0 Å². The molecule has 1 saturated carbocycles. The SMILES string of the molecule is CC(=O)N(C)C(C)(C(=O)O)C1CC1. The molecular formula is C9H15NO3. The van der Waals surface area contributed by atoms with E-state index in [1.807, 2.05) is 0 Å². The van der Waals surface area contributed by atoms with Crippen molar-refractivity contribution < 1.29 is 14.7 Å². The highest BCUT2D eigenvalue weighted by molar-refractivity contribution is 5.86. The highest BCUT2D eigenvalue weighted by atomic mass is 16.4. The van der Waals surface area contributed by atoms with Crippen molar-refractivity contribution in [3.8, 4) is 0 Å². The molecule has 74 valence electrons. The van der Waals surface area contributed by atoms with Crippen LogP contribution in [-0.4, -0.2) is 34.5 Å². The second-order valence-electron chi connectivity index (χ2n) is 3.80. The Morgan fingerprint density at radius 2 is 1.92 bits per heavy atom. The Labute approximate surface area is 77.5 Å². The Morgan fingerprint density at radius 1 is 1.46 bits per heavy atom. The van der Waals surface area contributed by atoms with Crippen LogP contribution in [0, 0.1) is 5.92 Å². The zero-order chi connectivity index (χ0) is 10.2. The van der Waals surface area contributed by atoms with E-state index in [4.69, 9.17) is 5.11 Å². The molecular weight excluding hydrogens is 170 g/mol. The van der Waals surface area contributed by atoms with Gasteiger partial charge in [0.15, 0.2) is 0 Å². The molecule has 0 aromatic carbocycles. The number of carbonyl (C=O) groups is 2. The Bertz CT molecular complexity index is 247. The zero-order valence-corrected chi connectivity index (χ0v) is 8.20. The summed E-state index contributed by atoms with van der Waals surface area (Å²) >= 11 is 0. The first-order valence-electron chi connectivity index (χ1n) is 4.38. The number of carbonyl (C=O) groups excluding carboxylic acids is 1. The van der Waals surface area contributed by atoms with Crippen LogP contribution in [0.15, 0.2) is 0 Å². The Hall–Kier alpha value is -1.06. The molecule has 1 N–H and O–H groups in total. The third-order valence-corrected chi connectivity index (χ3v) is 2.97. The molecule has 1 aliphatic rings. The zero-order valence-electron chi connectivity index (χ0n) is 8.20. The fourth-order valence-electron chi connectivity index (χ4n) is 1.56. The molecule has 4 heteroatoms. The van der Waals surface area contributed by atoms with Crippen LogP contribution in [0.25, 0.3) is 0 Å². The highest BCUT2D eigenvalue weighted by Crippen LogP contribution is 2.42. The number of carboxylic acid groups (broad SMARTS) is 1. The molecule has 0 heterocycles. The maximum atomic E-state index is 11.1. The summed E-state index contributed by atoms with van der Waals surface area (Å²) in [5.41, 5.74) is -1.01. The Morgan fingerprint density at radius 3 is 2.15 bits per heavy atom. The molecule has 0 radical (unpaired) electrons. The maximum absolute atomic E-state index is 11.1. The van der Waals surface area contributed by atoms with Crippen molar-refractivity contribution in [1.82, 2.24) is 4.90 Å². The van der Waals surface area contributed by atoms with Crippen molar-refractivity contribution in [3.05, 3.63) is 0 Å².